The second kappa shape index (κ2) is 6.79. The van der Waals surface area contributed by atoms with Crippen molar-refractivity contribution in [3.05, 3.63) is 29.8 Å². The third kappa shape index (κ3) is 3.74. The first-order chi connectivity index (χ1) is 8.79. The maximum Gasteiger partial charge on any atom is 0.123 e. The number of hydrogen-bond donors (Lipinski definition) is 1. The Kier molecular flexibility index (Phi) is 5.06. The van der Waals surface area contributed by atoms with Crippen LogP contribution in [0.15, 0.2) is 24.3 Å². The molecular formula is C16H25NO. The minimum Gasteiger partial charge on any atom is -0.496 e. The number of ether oxygens (including phenoxy) is 1. The first-order valence-electron chi connectivity index (χ1n) is 7.12. The van der Waals surface area contributed by atoms with Crippen LogP contribution >= 0.6 is 0 Å². The Labute approximate surface area is 111 Å². The molecule has 1 aliphatic carbocycles. The lowest BCUT2D eigenvalue weighted by molar-refractivity contribution is 0.281. The van der Waals surface area contributed by atoms with Crippen molar-refractivity contribution in [3.63, 3.8) is 0 Å². The van der Waals surface area contributed by atoms with Crippen molar-refractivity contribution < 1.29 is 4.74 Å². The Morgan fingerprint density at radius 1 is 1.17 bits per heavy atom. The van der Waals surface area contributed by atoms with Crippen molar-refractivity contribution >= 4 is 0 Å². The van der Waals surface area contributed by atoms with Crippen LogP contribution in [0.25, 0.3) is 0 Å². The van der Waals surface area contributed by atoms with Crippen LogP contribution < -0.4 is 10.1 Å². The fourth-order valence-electron chi connectivity index (χ4n) is 2.79. The maximum absolute atomic E-state index is 5.36. The van der Waals surface area contributed by atoms with Gasteiger partial charge in [-0.05, 0) is 37.3 Å². The summed E-state index contributed by atoms with van der Waals surface area (Å²) >= 11 is 0. The lowest BCUT2D eigenvalue weighted by Gasteiger charge is -2.26. The molecule has 2 rings (SSSR count). The van der Waals surface area contributed by atoms with Gasteiger partial charge >= 0.3 is 0 Å². The molecule has 0 amide bonds. The second-order valence-electron chi connectivity index (χ2n) is 5.57. The van der Waals surface area contributed by atoms with Gasteiger partial charge in [0.25, 0.3) is 0 Å². The molecule has 1 saturated carbocycles. The summed E-state index contributed by atoms with van der Waals surface area (Å²) in [6.07, 6.45) is 5.59. The van der Waals surface area contributed by atoms with E-state index in [0.717, 1.165) is 30.7 Å². The molecule has 18 heavy (non-hydrogen) atoms. The summed E-state index contributed by atoms with van der Waals surface area (Å²) in [7, 11) is 1.74. The highest BCUT2D eigenvalue weighted by Gasteiger charge is 2.17. The number of para-hydroxylation sites is 1. The minimum atomic E-state index is 0.871. The molecule has 2 heteroatoms. The summed E-state index contributed by atoms with van der Waals surface area (Å²) in [6.45, 7) is 4.43. The number of rotatable bonds is 5. The van der Waals surface area contributed by atoms with Crippen molar-refractivity contribution in [1.82, 2.24) is 5.32 Å². The summed E-state index contributed by atoms with van der Waals surface area (Å²) in [5, 5.41) is 3.58. The molecule has 1 fully saturated rings. The van der Waals surface area contributed by atoms with Gasteiger partial charge in [-0.2, -0.15) is 0 Å². The number of nitrogens with one attached hydrogen (secondary N) is 1. The molecule has 0 heterocycles. The van der Waals surface area contributed by atoms with E-state index in [1.54, 1.807) is 7.11 Å². The average Bonchev–Trinajstić information content (AvgIpc) is 2.41. The molecule has 0 aliphatic heterocycles. The molecule has 0 bridgehead atoms. The predicted octanol–water partition coefficient (Wildman–Crippen LogP) is 3.61. The molecule has 1 aromatic rings. The van der Waals surface area contributed by atoms with Crippen LogP contribution in [-0.2, 0) is 6.54 Å². The normalized spacial score (nSPS) is 23.9. The highest BCUT2D eigenvalue weighted by Crippen LogP contribution is 2.27. The van der Waals surface area contributed by atoms with Crippen LogP contribution in [0.1, 0.15) is 38.2 Å². The Hall–Kier alpha value is -1.02. The quantitative estimate of drug-likeness (QED) is 0.858. The Morgan fingerprint density at radius 2 is 1.89 bits per heavy atom. The number of hydrogen-bond acceptors (Lipinski definition) is 2. The zero-order valence-corrected chi connectivity index (χ0v) is 11.6. The minimum absolute atomic E-state index is 0.871. The van der Waals surface area contributed by atoms with Crippen LogP contribution in [0.2, 0.25) is 0 Å². The first-order valence-corrected chi connectivity index (χ1v) is 7.12. The summed E-state index contributed by atoms with van der Waals surface area (Å²) in [6, 6.07) is 8.25. The summed E-state index contributed by atoms with van der Waals surface area (Å²) in [5.74, 6) is 2.80. The van der Waals surface area contributed by atoms with Crippen molar-refractivity contribution in [2.24, 2.45) is 11.8 Å². The average molecular weight is 247 g/mol. The molecule has 0 aromatic heterocycles. The topological polar surface area (TPSA) is 21.3 Å². The summed E-state index contributed by atoms with van der Waals surface area (Å²) in [4.78, 5) is 0. The summed E-state index contributed by atoms with van der Waals surface area (Å²) < 4.78 is 5.36. The van der Waals surface area contributed by atoms with E-state index in [4.69, 9.17) is 4.74 Å². The molecule has 0 unspecified atom stereocenters. The first kappa shape index (κ1) is 13.4. The SMILES string of the molecule is COc1ccccc1CNCC1CCC(C)CC1. The van der Waals surface area contributed by atoms with Gasteiger partial charge in [-0.25, -0.2) is 0 Å². The predicted molar refractivity (Wildman–Crippen MR) is 75.8 cm³/mol. The van der Waals surface area contributed by atoms with E-state index in [9.17, 15) is 0 Å². The van der Waals surface area contributed by atoms with Gasteiger partial charge in [0.2, 0.25) is 0 Å². The third-order valence-electron chi connectivity index (χ3n) is 4.08. The molecule has 0 radical (unpaired) electrons. The van der Waals surface area contributed by atoms with E-state index in [0.29, 0.717) is 0 Å². The van der Waals surface area contributed by atoms with Crippen LogP contribution in [0.5, 0.6) is 5.75 Å². The van der Waals surface area contributed by atoms with Gasteiger partial charge in [-0.1, -0.05) is 38.0 Å². The van der Waals surface area contributed by atoms with E-state index in [1.807, 2.05) is 12.1 Å². The molecule has 0 saturated heterocycles. The van der Waals surface area contributed by atoms with E-state index in [-0.39, 0.29) is 0 Å². The fraction of sp³-hybridized carbons (Fsp3) is 0.625. The Balaban J connectivity index is 1.75. The Bertz CT molecular complexity index is 356. The molecule has 1 aliphatic rings. The van der Waals surface area contributed by atoms with Crippen LogP contribution in [-0.4, -0.2) is 13.7 Å². The van der Waals surface area contributed by atoms with Gasteiger partial charge in [0, 0.05) is 12.1 Å². The Morgan fingerprint density at radius 3 is 2.61 bits per heavy atom. The molecule has 100 valence electrons. The van der Waals surface area contributed by atoms with E-state index >= 15 is 0 Å². The molecule has 1 aromatic carbocycles. The molecule has 1 N–H and O–H groups in total. The van der Waals surface area contributed by atoms with Gasteiger partial charge in [-0.15, -0.1) is 0 Å². The lowest BCUT2D eigenvalue weighted by atomic mass is 9.83. The molecule has 0 spiro atoms. The zero-order valence-electron chi connectivity index (χ0n) is 11.6. The fourth-order valence-corrected chi connectivity index (χ4v) is 2.79. The van der Waals surface area contributed by atoms with Gasteiger partial charge < -0.3 is 10.1 Å². The maximum atomic E-state index is 5.36. The smallest absolute Gasteiger partial charge is 0.123 e. The van der Waals surface area contributed by atoms with Crippen LogP contribution in [0.3, 0.4) is 0 Å². The summed E-state index contributed by atoms with van der Waals surface area (Å²) in [5.41, 5.74) is 1.25. The third-order valence-corrected chi connectivity index (χ3v) is 4.08. The van der Waals surface area contributed by atoms with Crippen molar-refractivity contribution in [2.45, 2.75) is 39.2 Å². The largest absolute Gasteiger partial charge is 0.496 e. The standard InChI is InChI=1S/C16H25NO/c1-13-7-9-14(10-8-13)11-17-12-15-5-3-4-6-16(15)18-2/h3-6,13-14,17H,7-12H2,1-2H3. The zero-order chi connectivity index (χ0) is 12.8. The molecular weight excluding hydrogens is 222 g/mol. The van der Waals surface area contributed by atoms with E-state index in [1.165, 1.54) is 31.2 Å². The number of benzene rings is 1. The van der Waals surface area contributed by atoms with Crippen LogP contribution in [0.4, 0.5) is 0 Å². The van der Waals surface area contributed by atoms with Crippen molar-refractivity contribution in [3.8, 4) is 5.75 Å². The lowest BCUT2D eigenvalue weighted by Crippen LogP contribution is -2.25. The number of methoxy groups -OCH3 is 1. The highest BCUT2D eigenvalue weighted by atomic mass is 16.5. The van der Waals surface area contributed by atoms with Gasteiger partial charge in [0.05, 0.1) is 7.11 Å². The molecule has 0 atom stereocenters. The second-order valence-corrected chi connectivity index (χ2v) is 5.57. The van der Waals surface area contributed by atoms with Gasteiger partial charge in [-0.3, -0.25) is 0 Å². The van der Waals surface area contributed by atoms with Crippen molar-refractivity contribution in [2.75, 3.05) is 13.7 Å². The van der Waals surface area contributed by atoms with Gasteiger partial charge in [0.1, 0.15) is 5.75 Å². The van der Waals surface area contributed by atoms with E-state index < -0.39 is 0 Å². The van der Waals surface area contributed by atoms with E-state index in [2.05, 4.69) is 24.4 Å². The van der Waals surface area contributed by atoms with Crippen LogP contribution in [0, 0.1) is 11.8 Å². The van der Waals surface area contributed by atoms with Crippen molar-refractivity contribution in [1.29, 1.82) is 0 Å². The molecule has 2 nitrogen and oxygen atoms in total. The highest BCUT2D eigenvalue weighted by molar-refractivity contribution is 5.32. The van der Waals surface area contributed by atoms with Gasteiger partial charge in [0.15, 0.2) is 0 Å². The monoisotopic (exact) mass is 247 g/mol.